The number of halogens is 5. The lowest BCUT2D eigenvalue weighted by atomic mass is 9.85. The molecular formula is C34H33F5N4O4. The van der Waals surface area contributed by atoms with E-state index in [0.29, 0.717) is 24.2 Å². The van der Waals surface area contributed by atoms with E-state index in [4.69, 9.17) is 15.2 Å². The van der Waals surface area contributed by atoms with Crippen molar-refractivity contribution in [2.75, 3.05) is 20.2 Å². The molecule has 0 radical (unpaired) electrons. The Balaban J connectivity index is 1.40. The van der Waals surface area contributed by atoms with E-state index in [-0.39, 0.29) is 49.5 Å². The fourth-order valence-corrected chi connectivity index (χ4v) is 6.64. The second-order valence-corrected chi connectivity index (χ2v) is 11.9. The minimum Gasteiger partial charge on any atom is -0.494 e. The average Bonchev–Trinajstić information content (AvgIpc) is 3.42. The van der Waals surface area contributed by atoms with Crippen molar-refractivity contribution in [1.82, 2.24) is 14.0 Å². The third-order valence-corrected chi connectivity index (χ3v) is 9.14. The quantitative estimate of drug-likeness (QED) is 0.266. The van der Waals surface area contributed by atoms with Gasteiger partial charge in [-0.1, -0.05) is 48.5 Å². The molecule has 2 aliphatic heterocycles. The van der Waals surface area contributed by atoms with Crippen LogP contribution in [0.4, 0.5) is 22.0 Å². The average molecular weight is 657 g/mol. The van der Waals surface area contributed by atoms with Crippen molar-refractivity contribution < 1.29 is 31.4 Å². The number of nitrogens with two attached hydrogens (primary N) is 1. The van der Waals surface area contributed by atoms with Gasteiger partial charge in [-0.15, -0.1) is 0 Å². The summed E-state index contributed by atoms with van der Waals surface area (Å²) in [5.74, 6) is -1.48. The van der Waals surface area contributed by atoms with Gasteiger partial charge in [0.25, 0.3) is 5.56 Å². The van der Waals surface area contributed by atoms with E-state index in [1.807, 2.05) is 4.90 Å². The number of methoxy groups -OCH3 is 1. The van der Waals surface area contributed by atoms with Crippen LogP contribution in [0.25, 0.3) is 0 Å². The molecule has 1 aromatic heterocycles. The number of ether oxygens (including phenoxy) is 2. The number of aromatic nitrogens is 2. The Labute approximate surface area is 266 Å². The molecule has 47 heavy (non-hydrogen) atoms. The van der Waals surface area contributed by atoms with Gasteiger partial charge in [-0.05, 0) is 36.6 Å². The lowest BCUT2D eigenvalue weighted by Gasteiger charge is -2.39. The molecule has 248 valence electrons. The fourth-order valence-electron chi connectivity index (χ4n) is 6.64. The first-order chi connectivity index (χ1) is 22.4. The normalized spacial score (nSPS) is 16.7. The number of fused-ring (bicyclic) bond motifs is 2. The standard InChI is InChI=1S/C34H33F5N4O4/c1-46-28-12-5-9-22(30(28)36)17-41-15-13-33(14-16-41)29-27(20-47-33)42(18-23-24(34(37,38)39)10-6-11-25(23)35)32(45)43(31(29)44)19-26(40)21-7-3-2-4-8-21/h2-12,26H,13-20,40H2,1H3/t26-/m0/s1. The van der Waals surface area contributed by atoms with Crippen molar-refractivity contribution in [3.63, 3.8) is 0 Å². The summed E-state index contributed by atoms with van der Waals surface area (Å²) in [6.07, 6.45) is -4.31. The van der Waals surface area contributed by atoms with Gasteiger partial charge in [-0.2, -0.15) is 13.2 Å². The van der Waals surface area contributed by atoms with Gasteiger partial charge < -0.3 is 15.2 Å². The Bertz CT molecular complexity index is 1900. The largest absolute Gasteiger partial charge is 0.494 e. The molecule has 4 aromatic rings. The van der Waals surface area contributed by atoms with Crippen molar-refractivity contribution in [1.29, 1.82) is 0 Å². The number of hydrogen-bond acceptors (Lipinski definition) is 6. The molecule has 3 heterocycles. The van der Waals surface area contributed by atoms with Crippen LogP contribution >= 0.6 is 0 Å². The van der Waals surface area contributed by atoms with Crippen LogP contribution in [0.5, 0.6) is 5.75 Å². The zero-order valence-corrected chi connectivity index (χ0v) is 25.5. The summed E-state index contributed by atoms with van der Waals surface area (Å²) >= 11 is 0. The molecule has 1 atom stereocenters. The van der Waals surface area contributed by atoms with Gasteiger partial charge in [0.05, 0.1) is 43.6 Å². The highest BCUT2D eigenvalue weighted by Crippen LogP contribution is 2.43. The van der Waals surface area contributed by atoms with Crippen LogP contribution < -0.4 is 21.7 Å². The van der Waals surface area contributed by atoms with Gasteiger partial charge in [0.1, 0.15) is 11.4 Å². The molecule has 2 aliphatic rings. The summed E-state index contributed by atoms with van der Waals surface area (Å²) < 4.78 is 85.1. The summed E-state index contributed by atoms with van der Waals surface area (Å²) in [6, 6.07) is 15.5. The first-order valence-corrected chi connectivity index (χ1v) is 15.1. The predicted molar refractivity (Wildman–Crippen MR) is 163 cm³/mol. The summed E-state index contributed by atoms with van der Waals surface area (Å²) in [6.45, 7) is -0.214. The van der Waals surface area contributed by atoms with Crippen molar-refractivity contribution in [3.05, 3.63) is 133 Å². The van der Waals surface area contributed by atoms with Crippen molar-refractivity contribution >= 4 is 0 Å². The molecule has 13 heteroatoms. The molecule has 0 amide bonds. The number of benzene rings is 3. The van der Waals surface area contributed by atoms with E-state index in [0.717, 1.165) is 27.3 Å². The van der Waals surface area contributed by atoms with Crippen LogP contribution in [0.2, 0.25) is 0 Å². The van der Waals surface area contributed by atoms with Crippen molar-refractivity contribution in [2.24, 2.45) is 5.73 Å². The maximum atomic E-state index is 15.0. The predicted octanol–water partition coefficient (Wildman–Crippen LogP) is 5.09. The van der Waals surface area contributed by atoms with E-state index in [2.05, 4.69) is 0 Å². The Kier molecular flexibility index (Phi) is 8.81. The van der Waals surface area contributed by atoms with Gasteiger partial charge in [-0.3, -0.25) is 18.8 Å². The van der Waals surface area contributed by atoms with Crippen molar-refractivity contribution in [2.45, 2.75) is 56.9 Å². The first-order valence-electron chi connectivity index (χ1n) is 15.1. The van der Waals surface area contributed by atoms with E-state index >= 15 is 4.39 Å². The maximum Gasteiger partial charge on any atom is 0.416 e. The molecule has 0 saturated carbocycles. The molecule has 0 unspecified atom stereocenters. The van der Waals surface area contributed by atoms with Crippen molar-refractivity contribution in [3.8, 4) is 5.75 Å². The molecule has 1 saturated heterocycles. The number of alkyl halides is 3. The molecule has 8 nitrogen and oxygen atoms in total. The van der Waals surface area contributed by atoms with E-state index in [9.17, 15) is 27.2 Å². The maximum absolute atomic E-state index is 15.0. The van der Waals surface area contributed by atoms with Gasteiger partial charge in [0.15, 0.2) is 11.6 Å². The minimum absolute atomic E-state index is 0.105. The second kappa shape index (κ2) is 12.7. The minimum atomic E-state index is -4.89. The van der Waals surface area contributed by atoms with Crippen LogP contribution in [-0.2, 0) is 42.8 Å². The number of piperidine rings is 1. The molecule has 0 aliphatic carbocycles. The summed E-state index contributed by atoms with van der Waals surface area (Å²) in [7, 11) is 1.39. The van der Waals surface area contributed by atoms with E-state index in [1.54, 1.807) is 42.5 Å². The molecular weight excluding hydrogens is 623 g/mol. The van der Waals surface area contributed by atoms with Gasteiger partial charge >= 0.3 is 11.9 Å². The third-order valence-electron chi connectivity index (χ3n) is 9.14. The zero-order valence-electron chi connectivity index (χ0n) is 25.5. The summed E-state index contributed by atoms with van der Waals surface area (Å²) in [4.78, 5) is 30.2. The highest BCUT2D eigenvalue weighted by Gasteiger charge is 2.47. The highest BCUT2D eigenvalue weighted by molar-refractivity contribution is 5.35. The number of nitrogens with zero attached hydrogens (tertiary/aromatic N) is 3. The van der Waals surface area contributed by atoms with Crippen LogP contribution in [0, 0.1) is 11.6 Å². The second-order valence-electron chi connectivity index (χ2n) is 11.9. The molecule has 3 aromatic carbocycles. The molecule has 0 bridgehead atoms. The van der Waals surface area contributed by atoms with E-state index in [1.165, 1.54) is 13.2 Å². The smallest absolute Gasteiger partial charge is 0.416 e. The fraction of sp³-hybridized carbons (Fsp3) is 0.353. The lowest BCUT2D eigenvalue weighted by Crippen LogP contribution is -2.49. The molecule has 1 fully saturated rings. The number of likely N-dealkylation sites (tertiary alicyclic amines) is 1. The Morgan fingerprint density at radius 1 is 0.936 bits per heavy atom. The van der Waals surface area contributed by atoms with Crippen LogP contribution in [0.1, 0.15) is 52.4 Å². The summed E-state index contributed by atoms with van der Waals surface area (Å²) in [5, 5.41) is 0. The molecule has 6 rings (SSSR count). The van der Waals surface area contributed by atoms with Gasteiger partial charge in [-0.25, -0.2) is 13.6 Å². The van der Waals surface area contributed by atoms with Crippen LogP contribution in [0.3, 0.4) is 0 Å². The summed E-state index contributed by atoms with van der Waals surface area (Å²) in [5.41, 5.74) is 3.08. The monoisotopic (exact) mass is 656 g/mol. The third kappa shape index (κ3) is 6.10. The Morgan fingerprint density at radius 2 is 1.64 bits per heavy atom. The number of hydrogen-bond donors (Lipinski definition) is 1. The van der Waals surface area contributed by atoms with E-state index < -0.39 is 58.4 Å². The highest BCUT2D eigenvalue weighted by atomic mass is 19.4. The van der Waals surface area contributed by atoms with Gasteiger partial charge in [0, 0.05) is 36.8 Å². The Hall–Kier alpha value is -4.33. The van der Waals surface area contributed by atoms with Crippen LogP contribution in [0.15, 0.2) is 76.3 Å². The lowest BCUT2D eigenvalue weighted by molar-refractivity contribution is -0.138. The SMILES string of the molecule is COc1cccc(CN2CCC3(CC2)OCc2c3c(=O)n(C[C@H](N)c3ccccc3)c(=O)n2Cc2c(F)cccc2C(F)(F)F)c1F. The topological polar surface area (TPSA) is 91.7 Å². The Morgan fingerprint density at radius 3 is 2.32 bits per heavy atom. The van der Waals surface area contributed by atoms with Gasteiger partial charge in [0.2, 0.25) is 0 Å². The first kappa shape index (κ1) is 32.6. The number of rotatable bonds is 8. The molecule has 2 N–H and O–H groups in total. The van der Waals surface area contributed by atoms with Crippen LogP contribution in [-0.4, -0.2) is 34.2 Å². The zero-order chi connectivity index (χ0) is 33.5. The molecule has 1 spiro atoms.